The molecule has 0 heteroatoms. The van der Waals surface area contributed by atoms with Gasteiger partial charge in [-0.25, -0.2) is 0 Å². The maximum atomic E-state index is 2.51. The molecule has 1 unspecified atom stereocenters. The van der Waals surface area contributed by atoms with E-state index in [0.29, 0.717) is 5.41 Å². The zero-order valence-corrected chi connectivity index (χ0v) is 27.5. The maximum Gasteiger partial charge on any atom is -0.0202 e. The number of hydrogen-bond donors (Lipinski definition) is 0. The molecule has 0 aliphatic heterocycles. The maximum absolute atomic E-state index is 2.51. The van der Waals surface area contributed by atoms with Gasteiger partial charge in [0.1, 0.15) is 0 Å². The second kappa shape index (κ2) is 26.2. The summed E-state index contributed by atoms with van der Waals surface area (Å²) < 4.78 is 0. The van der Waals surface area contributed by atoms with E-state index in [1.165, 1.54) is 167 Å². The summed E-state index contributed by atoms with van der Waals surface area (Å²) in [5, 5.41) is 0. The topological polar surface area (TPSA) is 0 Å². The molecule has 37 heavy (non-hydrogen) atoms. The Bertz CT molecular complexity index is 428. The summed E-state index contributed by atoms with van der Waals surface area (Å²) in [6.45, 7) is 17.0. The van der Waals surface area contributed by atoms with Gasteiger partial charge in [-0.05, 0) is 42.4 Å². The van der Waals surface area contributed by atoms with Crippen LogP contribution < -0.4 is 0 Å². The summed E-state index contributed by atoms with van der Waals surface area (Å²) in [5.74, 6) is 3.54. The van der Waals surface area contributed by atoms with Gasteiger partial charge in [0, 0.05) is 0 Å². The van der Waals surface area contributed by atoms with Gasteiger partial charge in [0.05, 0.1) is 0 Å². The molecule has 0 fully saturated rings. The van der Waals surface area contributed by atoms with Crippen LogP contribution in [-0.2, 0) is 0 Å². The van der Waals surface area contributed by atoms with Gasteiger partial charge in [0.25, 0.3) is 0 Å². The number of rotatable bonds is 28. The van der Waals surface area contributed by atoms with Crippen molar-refractivity contribution in [1.82, 2.24) is 0 Å². The Morgan fingerprint density at radius 1 is 0.459 bits per heavy atom. The Morgan fingerprint density at radius 2 is 0.784 bits per heavy atom. The normalized spacial score (nSPS) is 13.2. The summed E-state index contributed by atoms with van der Waals surface area (Å²) in [7, 11) is 0. The smallest absolute Gasteiger partial charge is 0.0202 e. The van der Waals surface area contributed by atoms with Crippen molar-refractivity contribution in [1.29, 1.82) is 0 Å². The first kappa shape index (κ1) is 37.0. The largest absolute Gasteiger partial charge is 0.0654 e. The van der Waals surface area contributed by atoms with Gasteiger partial charge in [-0.15, -0.1) is 0 Å². The van der Waals surface area contributed by atoms with E-state index in [2.05, 4.69) is 48.5 Å². The third-order valence-electron chi connectivity index (χ3n) is 8.66. The van der Waals surface area contributed by atoms with Crippen LogP contribution >= 0.6 is 0 Å². The predicted octanol–water partition coefficient (Wildman–Crippen LogP) is 14.1. The molecule has 0 heterocycles. The Labute approximate surface area is 238 Å². The Morgan fingerprint density at radius 3 is 1.11 bits per heavy atom. The molecule has 0 saturated heterocycles. The molecule has 0 aromatic rings. The third kappa shape index (κ3) is 24.8. The van der Waals surface area contributed by atoms with Gasteiger partial charge in [-0.1, -0.05) is 196 Å². The molecule has 0 nitrogen and oxygen atoms in total. The van der Waals surface area contributed by atoms with E-state index in [9.17, 15) is 0 Å². The van der Waals surface area contributed by atoms with Crippen LogP contribution in [0, 0.1) is 23.2 Å². The minimum atomic E-state index is 0.416. The highest BCUT2D eigenvalue weighted by atomic mass is 14.4. The predicted molar refractivity (Wildman–Crippen MR) is 172 cm³/mol. The van der Waals surface area contributed by atoms with Crippen molar-refractivity contribution in [3.63, 3.8) is 0 Å². The van der Waals surface area contributed by atoms with Crippen LogP contribution in [0.4, 0.5) is 0 Å². The van der Waals surface area contributed by atoms with Crippen LogP contribution in [0.25, 0.3) is 0 Å². The molecule has 1 radical (unpaired) electrons. The lowest BCUT2D eigenvalue weighted by Crippen LogP contribution is -2.28. The summed E-state index contributed by atoms with van der Waals surface area (Å²) in [5.41, 5.74) is 0.416. The van der Waals surface area contributed by atoms with Crippen molar-refractivity contribution in [3.8, 4) is 0 Å². The van der Waals surface area contributed by atoms with Crippen LogP contribution in [-0.4, -0.2) is 0 Å². The van der Waals surface area contributed by atoms with E-state index in [0.717, 1.165) is 11.8 Å². The van der Waals surface area contributed by atoms with E-state index < -0.39 is 0 Å². The zero-order chi connectivity index (χ0) is 27.6. The summed E-state index contributed by atoms with van der Waals surface area (Å²) >= 11 is 0. The van der Waals surface area contributed by atoms with Crippen molar-refractivity contribution in [2.75, 3.05) is 0 Å². The first-order valence-corrected chi connectivity index (χ1v) is 17.7. The summed E-state index contributed by atoms with van der Waals surface area (Å²) in [6.07, 6.45) is 37.6. The standard InChI is InChI=1S/C37H75/c1-8-10-12-14-16-18-20-22-24-26-28-30-32-36(37(5,6)7)35(33-34(3)4)31-29-27-25-23-21-19-17-15-13-11-9-2/h34,36H,8-33H2,1-7H3. The van der Waals surface area contributed by atoms with Gasteiger partial charge >= 0.3 is 0 Å². The minimum absolute atomic E-state index is 0.416. The van der Waals surface area contributed by atoms with E-state index in [1.807, 2.05) is 5.92 Å². The molecule has 0 spiro atoms. The fraction of sp³-hybridized carbons (Fsp3) is 0.973. The highest BCUT2D eigenvalue weighted by Crippen LogP contribution is 2.42. The fourth-order valence-corrected chi connectivity index (χ4v) is 6.40. The molecule has 0 aromatic carbocycles. The van der Waals surface area contributed by atoms with Crippen LogP contribution in [0.2, 0.25) is 0 Å². The highest BCUT2D eigenvalue weighted by molar-refractivity contribution is 5.01. The molecule has 0 N–H and O–H groups in total. The van der Waals surface area contributed by atoms with Crippen LogP contribution in [0.15, 0.2) is 0 Å². The van der Waals surface area contributed by atoms with E-state index in [1.54, 1.807) is 0 Å². The Hall–Kier alpha value is 0. The first-order chi connectivity index (χ1) is 17.8. The molecule has 0 saturated carbocycles. The van der Waals surface area contributed by atoms with Gasteiger partial charge in [-0.3, -0.25) is 0 Å². The van der Waals surface area contributed by atoms with Crippen molar-refractivity contribution in [3.05, 3.63) is 5.92 Å². The number of hydrogen-bond acceptors (Lipinski definition) is 0. The molecule has 0 rings (SSSR count). The third-order valence-corrected chi connectivity index (χ3v) is 8.66. The molecule has 1 atom stereocenters. The highest BCUT2D eigenvalue weighted by Gasteiger charge is 2.32. The lowest BCUT2D eigenvalue weighted by atomic mass is 9.67. The van der Waals surface area contributed by atoms with Gasteiger partial charge in [0.2, 0.25) is 0 Å². The van der Waals surface area contributed by atoms with E-state index in [4.69, 9.17) is 0 Å². The second-order valence-corrected chi connectivity index (χ2v) is 14.1. The second-order valence-electron chi connectivity index (χ2n) is 14.1. The average Bonchev–Trinajstić information content (AvgIpc) is 2.84. The summed E-state index contributed by atoms with van der Waals surface area (Å²) in [6, 6.07) is 0. The fourth-order valence-electron chi connectivity index (χ4n) is 6.40. The van der Waals surface area contributed by atoms with Crippen molar-refractivity contribution < 1.29 is 0 Å². The average molecular weight is 520 g/mol. The SMILES string of the molecule is CCCCCCCCCCCCCCC([C](CCCCCCCCCCCCC)CC(C)C)C(C)(C)C. The minimum Gasteiger partial charge on any atom is -0.0654 e. The number of unbranched alkanes of at least 4 members (excludes halogenated alkanes) is 21. The van der Waals surface area contributed by atoms with Crippen LogP contribution in [0.1, 0.15) is 215 Å². The van der Waals surface area contributed by atoms with E-state index >= 15 is 0 Å². The quantitative estimate of drug-likeness (QED) is 0.0901. The lowest BCUT2D eigenvalue weighted by molar-refractivity contribution is 0.209. The van der Waals surface area contributed by atoms with E-state index in [-0.39, 0.29) is 0 Å². The van der Waals surface area contributed by atoms with Crippen molar-refractivity contribution in [2.24, 2.45) is 17.3 Å². The Balaban J connectivity index is 4.15. The molecule has 0 aliphatic rings. The zero-order valence-electron chi connectivity index (χ0n) is 27.5. The molecule has 0 amide bonds. The first-order valence-electron chi connectivity index (χ1n) is 17.7. The molecule has 223 valence electrons. The van der Waals surface area contributed by atoms with Gasteiger partial charge in [-0.2, -0.15) is 0 Å². The molecule has 0 aromatic heterocycles. The molecular formula is C37H75. The van der Waals surface area contributed by atoms with Crippen LogP contribution in [0.5, 0.6) is 0 Å². The van der Waals surface area contributed by atoms with Crippen molar-refractivity contribution >= 4 is 0 Å². The Kier molecular flexibility index (Phi) is 26.2. The molecule has 0 aliphatic carbocycles. The molecule has 0 bridgehead atoms. The van der Waals surface area contributed by atoms with Crippen molar-refractivity contribution in [2.45, 2.75) is 215 Å². The lowest BCUT2D eigenvalue weighted by Gasteiger charge is -2.38. The molecular weight excluding hydrogens is 444 g/mol. The monoisotopic (exact) mass is 520 g/mol. The summed E-state index contributed by atoms with van der Waals surface area (Å²) in [4.78, 5) is 0. The van der Waals surface area contributed by atoms with Gasteiger partial charge in [0.15, 0.2) is 0 Å². The van der Waals surface area contributed by atoms with Gasteiger partial charge < -0.3 is 0 Å². The van der Waals surface area contributed by atoms with Crippen LogP contribution in [0.3, 0.4) is 0 Å².